The fourth-order valence-electron chi connectivity index (χ4n) is 3.49. The average Bonchev–Trinajstić information content (AvgIpc) is 3.00. The van der Waals surface area contributed by atoms with E-state index in [2.05, 4.69) is 0 Å². The molecule has 1 fully saturated rings. The number of benzene rings is 1. The van der Waals surface area contributed by atoms with Gasteiger partial charge < -0.3 is 4.74 Å². The van der Waals surface area contributed by atoms with Gasteiger partial charge in [0, 0.05) is 25.7 Å². The number of esters is 1. The molecule has 0 aromatic heterocycles. The lowest BCUT2D eigenvalue weighted by Gasteiger charge is -2.35. The smallest absolute Gasteiger partial charge is 0.314 e. The van der Waals surface area contributed by atoms with Gasteiger partial charge in [-0.3, -0.25) is 4.79 Å². The van der Waals surface area contributed by atoms with Crippen LogP contribution in [0.4, 0.5) is 0 Å². The second kappa shape index (κ2) is 6.22. The van der Waals surface area contributed by atoms with Crippen molar-refractivity contribution in [3.63, 3.8) is 0 Å². The summed E-state index contributed by atoms with van der Waals surface area (Å²) in [6.07, 6.45) is 1.76. The van der Waals surface area contributed by atoms with Crippen LogP contribution in [0.3, 0.4) is 0 Å². The zero-order chi connectivity index (χ0) is 16.6. The van der Waals surface area contributed by atoms with E-state index >= 15 is 0 Å². The molecule has 2 heterocycles. The van der Waals surface area contributed by atoms with Crippen molar-refractivity contribution in [1.82, 2.24) is 8.61 Å². The summed E-state index contributed by atoms with van der Waals surface area (Å²) in [7, 11) is -2.24. The lowest BCUT2D eigenvalue weighted by molar-refractivity contribution is -0.142. The Bertz CT molecular complexity index is 704. The van der Waals surface area contributed by atoms with Crippen LogP contribution in [-0.4, -0.2) is 49.2 Å². The van der Waals surface area contributed by atoms with Crippen LogP contribution in [0.5, 0.6) is 0 Å². The maximum Gasteiger partial charge on any atom is 0.314 e. The molecule has 0 bridgehead atoms. The van der Waals surface area contributed by atoms with Crippen molar-refractivity contribution in [3.05, 3.63) is 35.4 Å². The first-order chi connectivity index (χ1) is 10.9. The predicted molar refractivity (Wildman–Crippen MR) is 85.9 cm³/mol. The molecule has 7 heteroatoms. The molecule has 0 amide bonds. The lowest BCUT2D eigenvalue weighted by Crippen LogP contribution is -2.48. The number of hydrogen-bond acceptors (Lipinski definition) is 4. The zero-order valence-electron chi connectivity index (χ0n) is 13.4. The largest absolute Gasteiger partial charge is 0.469 e. The quantitative estimate of drug-likeness (QED) is 0.783. The maximum absolute atomic E-state index is 13.0. The van der Waals surface area contributed by atoms with Crippen molar-refractivity contribution in [2.24, 2.45) is 0 Å². The van der Waals surface area contributed by atoms with Crippen molar-refractivity contribution in [3.8, 4) is 0 Å². The average molecular weight is 338 g/mol. The van der Waals surface area contributed by atoms with Crippen molar-refractivity contribution >= 4 is 16.2 Å². The first-order valence-corrected chi connectivity index (χ1v) is 9.27. The van der Waals surface area contributed by atoms with Crippen LogP contribution in [0.25, 0.3) is 0 Å². The highest BCUT2D eigenvalue weighted by molar-refractivity contribution is 7.86. The second-order valence-electron chi connectivity index (χ2n) is 6.18. The molecule has 2 unspecified atom stereocenters. The molecular formula is C16H22N2O4S. The van der Waals surface area contributed by atoms with E-state index in [0.717, 1.165) is 24.0 Å². The number of methoxy groups -OCH3 is 1. The Morgan fingerprint density at radius 3 is 2.70 bits per heavy atom. The predicted octanol–water partition coefficient (Wildman–Crippen LogP) is 1.49. The Kier molecular flexibility index (Phi) is 4.44. The monoisotopic (exact) mass is 338 g/mol. The van der Waals surface area contributed by atoms with Gasteiger partial charge in [0.15, 0.2) is 0 Å². The van der Waals surface area contributed by atoms with E-state index in [1.807, 2.05) is 31.2 Å². The lowest BCUT2D eigenvalue weighted by atomic mass is 9.91. The highest BCUT2D eigenvalue weighted by atomic mass is 32.2. The fraction of sp³-hybridized carbons (Fsp3) is 0.562. The van der Waals surface area contributed by atoms with Crippen LogP contribution in [0.2, 0.25) is 0 Å². The number of fused-ring (bicyclic) bond motifs is 1. The molecule has 0 radical (unpaired) electrons. The Morgan fingerprint density at radius 1 is 1.30 bits per heavy atom. The summed E-state index contributed by atoms with van der Waals surface area (Å²) in [5.41, 5.74) is 1.73. The number of nitrogens with zero attached hydrogens (tertiary/aromatic N) is 2. The number of ether oxygens (including phenoxy) is 1. The molecule has 1 saturated heterocycles. The normalized spacial score (nSPS) is 26.0. The molecule has 0 N–H and O–H groups in total. The standard InChI is InChI=1S/C16H22N2O4S/c1-12-6-5-9-18(12)23(20,21)17-10-13-7-3-4-8-14(13)15(11-17)16(19)22-2/h3-4,7-8,12,15H,5-6,9-11H2,1-2H3. The summed E-state index contributed by atoms with van der Waals surface area (Å²) in [5.74, 6) is -0.968. The fourth-order valence-corrected chi connectivity index (χ4v) is 5.35. The van der Waals surface area contributed by atoms with E-state index in [-0.39, 0.29) is 12.6 Å². The highest BCUT2D eigenvalue weighted by Crippen LogP contribution is 2.33. The molecule has 3 rings (SSSR count). The van der Waals surface area contributed by atoms with Crippen LogP contribution in [0.15, 0.2) is 24.3 Å². The molecule has 6 nitrogen and oxygen atoms in total. The summed E-state index contributed by atoms with van der Waals surface area (Å²) < 4.78 is 33.8. The minimum atomic E-state index is -3.57. The minimum Gasteiger partial charge on any atom is -0.469 e. The van der Waals surface area contributed by atoms with E-state index < -0.39 is 22.1 Å². The van der Waals surface area contributed by atoms with E-state index in [1.54, 1.807) is 4.31 Å². The van der Waals surface area contributed by atoms with Gasteiger partial charge in [-0.2, -0.15) is 17.0 Å². The second-order valence-corrected chi connectivity index (χ2v) is 8.06. The molecule has 0 saturated carbocycles. The Morgan fingerprint density at radius 2 is 2.04 bits per heavy atom. The summed E-state index contributed by atoms with van der Waals surface area (Å²) >= 11 is 0. The maximum atomic E-state index is 13.0. The molecule has 126 valence electrons. The van der Waals surface area contributed by atoms with Crippen molar-refractivity contribution in [2.75, 3.05) is 20.2 Å². The van der Waals surface area contributed by atoms with E-state index in [0.29, 0.717) is 13.1 Å². The highest BCUT2D eigenvalue weighted by Gasteiger charge is 2.41. The third-order valence-corrected chi connectivity index (χ3v) is 6.83. The molecular weight excluding hydrogens is 316 g/mol. The summed E-state index contributed by atoms with van der Waals surface area (Å²) in [6.45, 7) is 2.91. The molecule has 0 spiro atoms. The molecule has 2 atom stereocenters. The first-order valence-electron chi connectivity index (χ1n) is 7.87. The first kappa shape index (κ1) is 16.4. The Hall–Kier alpha value is -1.44. The third kappa shape index (κ3) is 2.88. The number of carbonyl (C=O) groups excluding carboxylic acids is 1. The van der Waals surface area contributed by atoms with Crippen molar-refractivity contribution in [1.29, 1.82) is 0 Å². The minimum absolute atomic E-state index is 0.00810. The molecule has 23 heavy (non-hydrogen) atoms. The van der Waals surface area contributed by atoms with E-state index in [9.17, 15) is 13.2 Å². The van der Waals surface area contributed by atoms with Gasteiger partial charge in [0.05, 0.1) is 13.0 Å². The van der Waals surface area contributed by atoms with Gasteiger partial charge in [-0.05, 0) is 30.9 Å². The van der Waals surface area contributed by atoms with Crippen molar-refractivity contribution < 1.29 is 17.9 Å². The van der Waals surface area contributed by atoms with Gasteiger partial charge in [-0.15, -0.1) is 0 Å². The van der Waals surface area contributed by atoms with Crippen LogP contribution in [0, 0.1) is 0 Å². The zero-order valence-corrected chi connectivity index (χ0v) is 14.3. The summed E-state index contributed by atoms with van der Waals surface area (Å²) in [5, 5.41) is 0. The van der Waals surface area contributed by atoms with Crippen LogP contribution >= 0.6 is 0 Å². The third-order valence-electron chi connectivity index (χ3n) is 4.76. The van der Waals surface area contributed by atoms with Crippen LogP contribution in [0.1, 0.15) is 36.8 Å². The van der Waals surface area contributed by atoms with Gasteiger partial charge >= 0.3 is 5.97 Å². The molecule has 2 aliphatic heterocycles. The van der Waals surface area contributed by atoms with Gasteiger partial charge in [0.25, 0.3) is 10.2 Å². The topological polar surface area (TPSA) is 66.9 Å². The number of carbonyl (C=O) groups is 1. The SMILES string of the molecule is COC(=O)C1CN(S(=O)(=O)N2CCCC2C)Cc2ccccc21. The van der Waals surface area contributed by atoms with Gasteiger partial charge in [-0.25, -0.2) is 0 Å². The van der Waals surface area contributed by atoms with Gasteiger partial charge in [0.2, 0.25) is 0 Å². The summed E-state index contributed by atoms with van der Waals surface area (Å²) in [4.78, 5) is 12.1. The molecule has 1 aromatic carbocycles. The van der Waals surface area contributed by atoms with Gasteiger partial charge in [0.1, 0.15) is 0 Å². The number of rotatable bonds is 3. The van der Waals surface area contributed by atoms with Crippen LogP contribution < -0.4 is 0 Å². The summed E-state index contributed by atoms with van der Waals surface area (Å²) in [6, 6.07) is 7.48. The van der Waals surface area contributed by atoms with E-state index in [4.69, 9.17) is 4.74 Å². The molecule has 0 aliphatic carbocycles. The molecule has 2 aliphatic rings. The Labute approximate surface area is 137 Å². The van der Waals surface area contributed by atoms with Gasteiger partial charge in [-0.1, -0.05) is 24.3 Å². The van der Waals surface area contributed by atoms with E-state index in [1.165, 1.54) is 11.4 Å². The van der Waals surface area contributed by atoms with Crippen LogP contribution in [-0.2, 0) is 26.3 Å². The number of hydrogen-bond donors (Lipinski definition) is 0. The van der Waals surface area contributed by atoms with Crippen molar-refractivity contribution in [2.45, 2.75) is 38.3 Å². The molecule has 1 aromatic rings. The Balaban J connectivity index is 1.95.